The normalized spacial score (nSPS) is 14.0. The number of thioether (sulfide) groups is 1. The van der Waals surface area contributed by atoms with Crippen molar-refractivity contribution in [2.24, 2.45) is 0 Å². The molecule has 2 N–H and O–H groups in total. The summed E-state index contributed by atoms with van der Waals surface area (Å²) in [4.78, 5) is 16.2. The van der Waals surface area contributed by atoms with E-state index in [0.29, 0.717) is 22.9 Å². The number of hydrogen-bond acceptors (Lipinski definition) is 4. The largest absolute Gasteiger partial charge is 0.399 e. The van der Waals surface area contributed by atoms with Crippen molar-refractivity contribution in [1.82, 2.24) is 4.90 Å². The molecule has 6 heteroatoms. The molecular formula is C15H15FN2OS2. The van der Waals surface area contributed by atoms with Gasteiger partial charge in [0.25, 0.3) is 0 Å². The molecule has 0 radical (unpaired) electrons. The maximum atomic E-state index is 13.2. The number of rotatable bonds is 3. The van der Waals surface area contributed by atoms with Gasteiger partial charge in [-0.1, -0.05) is 0 Å². The maximum absolute atomic E-state index is 13.2. The van der Waals surface area contributed by atoms with Crippen LogP contribution in [0, 0.1) is 5.82 Å². The lowest BCUT2D eigenvalue weighted by Crippen LogP contribution is -2.36. The molecule has 110 valence electrons. The second kappa shape index (κ2) is 6.07. The lowest BCUT2D eigenvalue weighted by molar-refractivity contribution is -0.129. The third kappa shape index (κ3) is 3.39. The minimum Gasteiger partial charge on any atom is -0.399 e. The monoisotopic (exact) mass is 322 g/mol. The van der Waals surface area contributed by atoms with Crippen LogP contribution in [-0.2, 0) is 17.8 Å². The van der Waals surface area contributed by atoms with E-state index in [9.17, 15) is 9.18 Å². The smallest absolute Gasteiger partial charge is 0.233 e. The Hall–Kier alpha value is -1.53. The number of nitrogen functional groups attached to an aromatic ring is 1. The Morgan fingerprint density at radius 3 is 3.10 bits per heavy atom. The minimum atomic E-state index is -0.370. The van der Waals surface area contributed by atoms with Gasteiger partial charge in [-0.05, 0) is 41.6 Å². The highest BCUT2D eigenvalue weighted by molar-refractivity contribution is 8.00. The summed E-state index contributed by atoms with van der Waals surface area (Å²) in [6.45, 7) is 1.45. The Balaban J connectivity index is 1.60. The van der Waals surface area contributed by atoms with Gasteiger partial charge in [0.1, 0.15) is 5.82 Å². The van der Waals surface area contributed by atoms with Crippen LogP contribution in [0.15, 0.2) is 34.5 Å². The Labute approximate surface area is 130 Å². The summed E-state index contributed by atoms with van der Waals surface area (Å²) >= 11 is 3.08. The lowest BCUT2D eigenvalue weighted by Gasteiger charge is -2.26. The Morgan fingerprint density at radius 2 is 2.29 bits per heavy atom. The quantitative estimate of drug-likeness (QED) is 0.697. The molecule has 0 bridgehead atoms. The fraction of sp³-hybridized carbons (Fsp3) is 0.267. The standard InChI is InChI=1S/C15H15FN2OS2/c16-11-5-12(17)7-13(6-11)21-9-15(19)18-3-1-14-10(8-18)2-4-20-14/h2,4-7H,1,3,8-9,17H2. The summed E-state index contributed by atoms with van der Waals surface area (Å²) in [5, 5.41) is 2.07. The first-order valence-corrected chi connectivity index (χ1v) is 8.50. The van der Waals surface area contributed by atoms with Crippen molar-refractivity contribution in [3.63, 3.8) is 0 Å². The van der Waals surface area contributed by atoms with E-state index in [0.717, 1.165) is 13.0 Å². The number of anilines is 1. The van der Waals surface area contributed by atoms with Crippen molar-refractivity contribution >= 4 is 34.7 Å². The molecule has 0 atom stereocenters. The summed E-state index contributed by atoms with van der Waals surface area (Å²) in [5.74, 6) is 0.0213. The molecule has 0 unspecified atom stereocenters. The zero-order valence-corrected chi connectivity index (χ0v) is 13.0. The van der Waals surface area contributed by atoms with E-state index < -0.39 is 0 Å². The van der Waals surface area contributed by atoms with Crippen LogP contribution in [0.2, 0.25) is 0 Å². The van der Waals surface area contributed by atoms with E-state index in [1.807, 2.05) is 4.90 Å². The number of halogens is 1. The fourth-order valence-corrected chi connectivity index (χ4v) is 4.14. The van der Waals surface area contributed by atoms with E-state index in [1.54, 1.807) is 17.4 Å². The molecule has 0 saturated carbocycles. The molecule has 1 aromatic heterocycles. The second-order valence-corrected chi connectivity index (χ2v) is 6.99. The van der Waals surface area contributed by atoms with Crippen molar-refractivity contribution in [2.75, 3.05) is 18.0 Å². The number of hydrogen-bond donors (Lipinski definition) is 1. The van der Waals surface area contributed by atoms with Crippen molar-refractivity contribution in [3.8, 4) is 0 Å². The number of benzene rings is 1. The number of amides is 1. The molecule has 3 rings (SSSR count). The van der Waals surface area contributed by atoms with Crippen molar-refractivity contribution in [1.29, 1.82) is 0 Å². The SMILES string of the molecule is Nc1cc(F)cc(SCC(=O)N2CCc3sccc3C2)c1. The zero-order valence-electron chi connectivity index (χ0n) is 11.3. The predicted octanol–water partition coefficient (Wildman–Crippen LogP) is 3.15. The molecule has 0 aliphatic carbocycles. The van der Waals surface area contributed by atoms with Crippen molar-refractivity contribution in [3.05, 3.63) is 45.9 Å². The molecule has 21 heavy (non-hydrogen) atoms. The molecule has 0 spiro atoms. The third-order valence-electron chi connectivity index (χ3n) is 3.42. The Kier molecular flexibility index (Phi) is 4.17. The topological polar surface area (TPSA) is 46.3 Å². The van der Waals surface area contributed by atoms with E-state index in [2.05, 4.69) is 11.4 Å². The average molecular weight is 322 g/mol. The lowest BCUT2D eigenvalue weighted by atomic mass is 10.1. The number of nitrogens with zero attached hydrogens (tertiary/aromatic N) is 1. The van der Waals surface area contributed by atoms with E-state index in [-0.39, 0.29) is 11.7 Å². The first-order valence-electron chi connectivity index (χ1n) is 6.64. The zero-order chi connectivity index (χ0) is 14.8. The predicted molar refractivity (Wildman–Crippen MR) is 85.0 cm³/mol. The van der Waals surface area contributed by atoms with Crippen molar-refractivity contribution in [2.45, 2.75) is 17.9 Å². The Bertz CT molecular complexity index is 651. The van der Waals surface area contributed by atoms with E-state index in [1.165, 1.54) is 34.3 Å². The highest BCUT2D eigenvalue weighted by Crippen LogP contribution is 2.26. The van der Waals surface area contributed by atoms with Gasteiger partial charge in [-0.3, -0.25) is 4.79 Å². The molecule has 1 amide bonds. The average Bonchev–Trinajstić information content (AvgIpc) is 2.91. The van der Waals surface area contributed by atoms with Crippen LogP contribution in [0.3, 0.4) is 0 Å². The summed E-state index contributed by atoms with van der Waals surface area (Å²) in [7, 11) is 0. The summed E-state index contributed by atoms with van der Waals surface area (Å²) < 4.78 is 13.2. The van der Waals surface area contributed by atoms with Gasteiger partial charge in [-0.2, -0.15) is 0 Å². The van der Waals surface area contributed by atoms with Gasteiger partial charge in [0.15, 0.2) is 0 Å². The first kappa shape index (κ1) is 14.4. The number of carbonyl (C=O) groups is 1. The van der Waals surface area contributed by atoms with E-state index >= 15 is 0 Å². The van der Waals surface area contributed by atoms with Gasteiger partial charge in [-0.25, -0.2) is 4.39 Å². The fourth-order valence-electron chi connectivity index (χ4n) is 2.37. The van der Waals surface area contributed by atoms with Gasteiger partial charge < -0.3 is 10.6 Å². The van der Waals surface area contributed by atoms with Gasteiger partial charge in [-0.15, -0.1) is 23.1 Å². The van der Waals surface area contributed by atoms with Crippen LogP contribution >= 0.6 is 23.1 Å². The molecule has 1 aliphatic heterocycles. The number of fused-ring (bicyclic) bond motifs is 1. The summed E-state index contributed by atoms with van der Waals surface area (Å²) in [6.07, 6.45) is 0.927. The molecular weight excluding hydrogens is 307 g/mol. The molecule has 3 nitrogen and oxygen atoms in total. The second-order valence-electron chi connectivity index (χ2n) is 4.94. The van der Waals surface area contributed by atoms with Gasteiger partial charge in [0.05, 0.1) is 5.75 Å². The van der Waals surface area contributed by atoms with Crippen LogP contribution in [-0.4, -0.2) is 23.1 Å². The highest BCUT2D eigenvalue weighted by atomic mass is 32.2. The summed E-state index contributed by atoms with van der Waals surface area (Å²) in [5.41, 5.74) is 7.23. The Morgan fingerprint density at radius 1 is 1.43 bits per heavy atom. The summed E-state index contributed by atoms with van der Waals surface area (Å²) in [6, 6.07) is 6.45. The number of thiophene rings is 1. The van der Waals surface area contributed by atoms with E-state index in [4.69, 9.17) is 5.73 Å². The van der Waals surface area contributed by atoms with Crippen LogP contribution in [0.5, 0.6) is 0 Å². The molecule has 1 aliphatic rings. The van der Waals surface area contributed by atoms with Gasteiger partial charge in [0.2, 0.25) is 5.91 Å². The highest BCUT2D eigenvalue weighted by Gasteiger charge is 2.21. The third-order valence-corrected chi connectivity index (χ3v) is 5.40. The van der Waals surface area contributed by atoms with Crippen LogP contribution in [0.25, 0.3) is 0 Å². The van der Waals surface area contributed by atoms with Crippen molar-refractivity contribution < 1.29 is 9.18 Å². The maximum Gasteiger partial charge on any atom is 0.233 e. The molecule has 0 fully saturated rings. The van der Waals surface area contributed by atoms with Gasteiger partial charge >= 0.3 is 0 Å². The first-order chi connectivity index (χ1) is 10.1. The number of nitrogens with two attached hydrogens (primary N) is 1. The minimum absolute atomic E-state index is 0.0830. The van der Waals surface area contributed by atoms with Crippen LogP contribution < -0.4 is 5.73 Å². The molecule has 1 aromatic carbocycles. The molecule has 0 saturated heterocycles. The molecule has 2 heterocycles. The molecule has 2 aromatic rings. The van der Waals surface area contributed by atoms with Crippen LogP contribution in [0.4, 0.5) is 10.1 Å². The van der Waals surface area contributed by atoms with Crippen LogP contribution in [0.1, 0.15) is 10.4 Å². The number of carbonyl (C=O) groups excluding carboxylic acids is 1. The van der Waals surface area contributed by atoms with Gasteiger partial charge in [0, 0.05) is 28.5 Å².